The zero-order chi connectivity index (χ0) is 15.2. The molecular weight excluding hydrogens is 270 g/mol. The number of amides is 1. The number of imidazole rings is 1. The Bertz CT molecular complexity index is 603. The Morgan fingerprint density at radius 1 is 1.29 bits per heavy atom. The predicted molar refractivity (Wildman–Crippen MR) is 79.9 cm³/mol. The number of H-pyrrole nitrogens is 1. The van der Waals surface area contributed by atoms with Crippen molar-refractivity contribution in [2.75, 3.05) is 26.3 Å². The summed E-state index contributed by atoms with van der Waals surface area (Å²) < 4.78 is 0. The second-order valence-electron chi connectivity index (χ2n) is 4.98. The summed E-state index contributed by atoms with van der Waals surface area (Å²) in [4.78, 5) is 21.2. The number of aromatic amines is 1. The van der Waals surface area contributed by atoms with E-state index in [1.165, 1.54) is 4.90 Å². The number of benzene rings is 1. The van der Waals surface area contributed by atoms with Gasteiger partial charge in [-0.15, -0.1) is 0 Å². The molecule has 2 aromatic rings. The molecule has 0 aliphatic rings. The van der Waals surface area contributed by atoms with Crippen LogP contribution in [0.5, 0.6) is 0 Å². The SMILES string of the molecule is Cc1cccc2[nH]c(CCC(=O)N(CCO)CCO)nc12. The van der Waals surface area contributed by atoms with Crippen molar-refractivity contribution in [3.05, 3.63) is 29.6 Å². The topological polar surface area (TPSA) is 89.5 Å². The fourth-order valence-corrected chi connectivity index (χ4v) is 2.33. The Balaban J connectivity index is 2.00. The largest absolute Gasteiger partial charge is 0.395 e. The third-order valence-electron chi connectivity index (χ3n) is 3.43. The van der Waals surface area contributed by atoms with E-state index in [0.717, 1.165) is 22.4 Å². The lowest BCUT2D eigenvalue weighted by molar-refractivity contribution is -0.132. The van der Waals surface area contributed by atoms with E-state index in [4.69, 9.17) is 10.2 Å². The number of nitrogens with zero attached hydrogens (tertiary/aromatic N) is 2. The molecule has 0 saturated heterocycles. The molecule has 2 rings (SSSR count). The van der Waals surface area contributed by atoms with Crippen LogP contribution in [0, 0.1) is 6.92 Å². The highest BCUT2D eigenvalue weighted by molar-refractivity contribution is 5.79. The van der Waals surface area contributed by atoms with Crippen LogP contribution >= 0.6 is 0 Å². The molecule has 0 aliphatic heterocycles. The predicted octanol–water partition coefficient (Wildman–Crippen LogP) is 0.617. The summed E-state index contributed by atoms with van der Waals surface area (Å²) in [5.74, 6) is 0.691. The van der Waals surface area contributed by atoms with Gasteiger partial charge < -0.3 is 20.1 Å². The first-order valence-corrected chi connectivity index (χ1v) is 7.09. The number of nitrogens with one attached hydrogen (secondary N) is 1. The smallest absolute Gasteiger partial charge is 0.223 e. The highest BCUT2D eigenvalue weighted by atomic mass is 16.3. The number of aryl methyl sites for hydroxylation is 2. The maximum absolute atomic E-state index is 12.0. The van der Waals surface area contributed by atoms with Crippen LogP contribution in [0.3, 0.4) is 0 Å². The van der Waals surface area contributed by atoms with E-state index in [1.807, 2.05) is 25.1 Å². The summed E-state index contributed by atoms with van der Waals surface area (Å²) in [7, 11) is 0. The van der Waals surface area contributed by atoms with Crippen LogP contribution in [0.25, 0.3) is 11.0 Å². The highest BCUT2D eigenvalue weighted by Gasteiger charge is 2.13. The maximum atomic E-state index is 12.0. The fraction of sp³-hybridized carbons (Fsp3) is 0.467. The lowest BCUT2D eigenvalue weighted by Gasteiger charge is -2.20. The number of aliphatic hydroxyl groups excluding tert-OH is 2. The van der Waals surface area contributed by atoms with Gasteiger partial charge in [-0.25, -0.2) is 4.98 Å². The molecule has 0 radical (unpaired) electrons. The van der Waals surface area contributed by atoms with Gasteiger partial charge in [-0.05, 0) is 18.6 Å². The Labute approximate surface area is 123 Å². The first-order chi connectivity index (χ1) is 10.2. The third-order valence-corrected chi connectivity index (χ3v) is 3.43. The first kappa shape index (κ1) is 15.5. The number of rotatable bonds is 7. The molecule has 1 aromatic carbocycles. The summed E-state index contributed by atoms with van der Waals surface area (Å²) in [6.07, 6.45) is 0.819. The number of hydrogen-bond acceptors (Lipinski definition) is 4. The van der Waals surface area contributed by atoms with Gasteiger partial charge in [0.05, 0.1) is 24.2 Å². The maximum Gasteiger partial charge on any atom is 0.223 e. The van der Waals surface area contributed by atoms with Crippen LogP contribution in [0.2, 0.25) is 0 Å². The average Bonchev–Trinajstić information content (AvgIpc) is 2.89. The van der Waals surface area contributed by atoms with Crippen molar-refractivity contribution in [2.45, 2.75) is 19.8 Å². The van der Waals surface area contributed by atoms with E-state index in [9.17, 15) is 4.79 Å². The zero-order valence-corrected chi connectivity index (χ0v) is 12.2. The number of aliphatic hydroxyl groups is 2. The molecule has 6 nitrogen and oxygen atoms in total. The average molecular weight is 291 g/mol. The minimum atomic E-state index is -0.102. The monoisotopic (exact) mass is 291 g/mol. The molecule has 0 spiro atoms. The van der Waals surface area contributed by atoms with Crippen molar-refractivity contribution < 1.29 is 15.0 Å². The number of aromatic nitrogens is 2. The lowest BCUT2D eigenvalue weighted by atomic mass is 10.2. The van der Waals surface area contributed by atoms with Crippen molar-refractivity contribution in [1.29, 1.82) is 0 Å². The second kappa shape index (κ2) is 7.19. The van der Waals surface area contributed by atoms with E-state index >= 15 is 0 Å². The Morgan fingerprint density at radius 2 is 2.00 bits per heavy atom. The van der Waals surface area contributed by atoms with Crippen molar-refractivity contribution in [3.63, 3.8) is 0 Å². The normalized spacial score (nSPS) is 11.0. The van der Waals surface area contributed by atoms with Gasteiger partial charge in [-0.2, -0.15) is 0 Å². The van der Waals surface area contributed by atoms with E-state index in [0.29, 0.717) is 12.8 Å². The van der Waals surface area contributed by atoms with Gasteiger partial charge in [-0.1, -0.05) is 12.1 Å². The zero-order valence-electron chi connectivity index (χ0n) is 12.2. The molecule has 0 unspecified atom stereocenters. The van der Waals surface area contributed by atoms with Crippen LogP contribution in [0.4, 0.5) is 0 Å². The highest BCUT2D eigenvalue weighted by Crippen LogP contribution is 2.16. The van der Waals surface area contributed by atoms with Crippen molar-refractivity contribution in [1.82, 2.24) is 14.9 Å². The fourth-order valence-electron chi connectivity index (χ4n) is 2.33. The first-order valence-electron chi connectivity index (χ1n) is 7.09. The second-order valence-corrected chi connectivity index (χ2v) is 4.98. The van der Waals surface area contributed by atoms with E-state index in [-0.39, 0.29) is 32.2 Å². The Kier molecular flexibility index (Phi) is 5.30. The van der Waals surface area contributed by atoms with Gasteiger partial charge in [0.15, 0.2) is 0 Å². The van der Waals surface area contributed by atoms with E-state index in [1.54, 1.807) is 0 Å². The molecular formula is C15H21N3O3. The van der Waals surface area contributed by atoms with Gasteiger partial charge in [0.25, 0.3) is 0 Å². The van der Waals surface area contributed by atoms with E-state index < -0.39 is 0 Å². The molecule has 0 bridgehead atoms. The Hall–Kier alpha value is -1.92. The molecule has 1 aromatic heterocycles. The van der Waals surface area contributed by atoms with Gasteiger partial charge in [0.2, 0.25) is 5.91 Å². The third kappa shape index (κ3) is 3.80. The molecule has 21 heavy (non-hydrogen) atoms. The van der Waals surface area contributed by atoms with Crippen LogP contribution in [-0.2, 0) is 11.2 Å². The van der Waals surface area contributed by atoms with Crippen LogP contribution in [-0.4, -0.2) is 57.3 Å². The molecule has 0 fully saturated rings. The molecule has 1 heterocycles. The summed E-state index contributed by atoms with van der Waals surface area (Å²) >= 11 is 0. The van der Waals surface area contributed by atoms with Crippen molar-refractivity contribution in [3.8, 4) is 0 Å². The van der Waals surface area contributed by atoms with E-state index in [2.05, 4.69) is 9.97 Å². The molecule has 3 N–H and O–H groups in total. The number of carbonyl (C=O) groups excluding carboxylic acids is 1. The van der Waals surface area contributed by atoms with Crippen LogP contribution in [0.15, 0.2) is 18.2 Å². The molecule has 6 heteroatoms. The minimum absolute atomic E-state index is 0.0877. The number of carbonyl (C=O) groups is 1. The molecule has 0 atom stereocenters. The summed E-state index contributed by atoms with van der Waals surface area (Å²) in [5.41, 5.74) is 3.01. The molecule has 0 saturated carbocycles. The Morgan fingerprint density at radius 3 is 2.62 bits per heavy atom. The van der Waals surface area contributed by atoms with Gasteiger partial charge in [-0.3, -0.25) is 4.79 Å². The number of fused-ring (bicyclic) bond motifs is 1. The van der Waals surface area contributed by atoms with Gasteiger partial charge >= 0.3 is 0 Å². The molecule has 0 aliphatic carbocycles. The van der Waals surface area contributed by atoms with Gasteiger partial charge in [0.1, 0.15) is 5.82 Å². The standard InChI is InChI=1S/C15H21N3O3/c1-11-3-2-4-12-15(11)17-13(16-12)5-6-14(21)18(7-9-19)8-10-20/h2-4,19-20H,5-10H2,1H3,(H,16,17). The molecule has 114 valence electrons. The minimum Gasteiger partial charge on any atom is -0.395 e. The lowest BCUT2D eigenvalue weighted by Crippen LogP contribution is -2.36. The summed E-state index contributed by atoms with van der Waals surface area (Å²) in [6.45, 7) is 2.30. The number of para-hydroxylation sites is 1. The van der Waals surface area contributed by atoms with Crippen LogP contribution < -0.4 is 0 Å². The van der Waals surface area contributed by atoms with Crippen molar-refractivity contribution in [2.24, 2.45) is 0 Å². The van der Waals surface area contributed by atoms with Gasteiger partial charge in [0, 0.05) is 25.9 Å². The quantitative estimate of drug-likeness (QED) is 0.697. The summed E-state index contributed by atoms with van der Waals surface area (Å²) in [5, 5.41) is 17.9. The van der Waals surface area contributed by atoms with Crippen molar-refractivity contribution >= 4 is 16.9 Å². The molecule has 1 amide bonds. The number of hydrogen-bond donors (Lipinski definition) is 3. The van der Waals surface area contributed by atoms with Crippen LogP contribution in [0.1, 0.15) is 17.8 Å². The summed E-state index contributed by atoms with van der Waals surface area (Å²) in [6, 6.07) is 5.93.